The van der Waals surface area contributed by atoms with Crippen LogP contribution in [0, 0.1) is 43.7 Å². The molecule has 3 aromatic rings. The average Bonchev–Trinajstić information content (AvgIpc) is 2.94. The van der Waals surface area contributed by atoms with Gasteiger partial charge >= 0.3 is 12.1 Å². The van der Waals surface area contributed by atoms with E-state index >= 15 is 4.39 Å². The molecule has 0 radical (unpaired) electrons. The summed E-state index contributed by atoms with van der Waals surface area (Å²) >= 11 is 0. The Morgan fingerprint density at radius 1 is 1.06 bits per heavy atom. The third-order valence-electron chi connectivity index (χ3n) is 8.56. The molecule has 12 heteroatoms. The van der Waals surface area contributed by atoms with Crippen LogP contribution in [-0.2, 0) is 22.2 Å². The summed E-state index contributed by atoms with van der Waals surface area (Å²) in [7, 11) is 0. The molecule has 1 aliphatic rings. The summed E-state index contributed by atoms with van der Waals surface area (Å²) in [4.78, 5) is 41.2. The predicted octanol–water partition coefficient (Wildman–Crippen LogP) is 6.58. The summed E-state index contributed by atoms with van der Waals surface area (Å²) in [5.41, 5.74) is -0.847. The molecular weight excluding hydrogens is 633 g/mol. The van der Waals surface area contributed by atoms with Gasteiger partial charge in [-0.1, -0.05) is 19.8 Å². The van der Waals surface area contributed by atoms with Crippen LogP contribution < -0.4 is 10.9 Å². The third kappa shape index (κ3) is 8.31. The number of carbonyl (C=O) groups excluding carboxylic acids is 1. The van der Waals surface area contributed by atoms with Gasteiger partial charge in [-0.15, -0.1) is 6.42 Å². The van der Waals surface area contributed by atoms with E-state index in [1.54, 1.807) is 27.7 Å². The maximum absolute atomic E-state index is 15.9. The van der Waals surface area contributed by atoms with E-state index < -0.39 is 59.3 Å². The second-order valence-corrected chi connectivity index (χ2v) is 12.7. The summed E-state index contributed by atoms with van der Waals surface area (Å²) in [6.07, 6.45) is 2.01. The fourth-order valence-corrected chi connectivity index (χ4v) is 6.17. The molecule has 2 N–H and O–H groups in total. The molecular formula is C36H38F5N3O4. The van der Waals surface area contributed by atoms with Crippen molar-refractivity contribution in [1.82, 2.24) is 14.8 Å². The number of likely N-dealkylation sites (tertiary alicyclic amines) is 1. The normalized spacial score (nSPS) is 14.7. The SMILES string of the molecule is C#Cc1cc(-c2c(C)cc(F)cc2C)cc(C(CC(=O)O)NC(=O)C(CC(C)C)n2cc(CCN3CCC3)c(C(F)(F)F)cc2=O)c1F. The van der Waals surface area contributed by atoms with Gasteiger partial charge in [-0.05, 0) is 104 Å². The molecule has 48 heavy (non-hydrogen) atoms. The first-order chi connectivity index (χ1) is 22.5. The first-order valence-corrected chi connectivity index (χ1v) is 15.6. The molecule has 2 atom stereocenters. The standard InChI is InChI=1S/C36H38F5N3O4/c1-6-23-15-25(33-21(4)13-26(37)14-22(33)5)16-27(34(23)38)29(18-32(46)47)42-35(48)30(12-20(2)3)44-19-24(8-11-43-9-7-10-43)28(17-31(44)45)36(39,40)41/h1,13-17,19-20,29-30H,7-12,18H2,2-5H3,(H,42,48)(H,46,47). The van der Waals surface area contributed by atoms with E-state index in [0.717, 1.165) is 30.3 Å². The number of amides is 1. The molecule has 0 bridgehead atoms. The highest BCUT2D eigenvalue weighted by Gasteiger charge is 2.36. The zero-order valence-corrected chi connectivity index (χ0v) is 27.2. The highest BCUT2D eigenvalue weighted by atomic mass is 19.4. The van der Waals surface area contributed by atoms with Crippen LogP contribution in [0.4, 0.5) is 22.0 Å². The predicted molar refractivity (Wildman–Crippen MR) is 171 cm³/mol. The van der Waals surface area contributed by atoms with Crippen LogP contribution in [0.5, 0.6) is 0 Å². The summed E-state index contributed by atoms with van der Waals surface area (Å²) < 4.78 is 72.9. The van der Waals surface area contributed by atoms with Gasteiger partial charge in [0.05, 0.1) is 23.6 Å². The van der Waals surface area contributed by atoms with Crippen molar-refractivity contribution in [3.63, 3.8) is 0 Å². The van der Waals surface area contributed by atoms with Gasteiger partial charge in [0.2, 0.25) is 5.91 Å². The van der Waals surface area contributed by atoms with Gasteiger partial charge in [0.25, 0.3) is 5.56 Å². The lowest BCUT2D eigenvalue weighted by Gasteiger charge is -2.31. The third-order valence-corrected chi connectivity index (χ3v) is 8.56. The molecule has 0 aliphatic carbocycles. The Morgan fingerprint density at radius 3 is 2.23 bits per heavy atom. The fourth-order valence-electron chi connectivity index (χ4n) is 6.17. The van der Waals surface area contributed by atoms with Crippen LogP contribution in [0.15, 0.2) is 41.3 Å². The molecule has 1 aromatic heterocycles. The van der Waals surface area contributed by atoms with Crippen LogP contribution in [0.2, 0.25) is 0 Å². The van der Waals surface area contributed by atoms with Crippen LogP contribution in [-0.4, -0.2) is 46.1 Å². The second-order valence-electron chi connectivity index (χ2n) is 12.7. The minimum absolute atomic E-state index is 0.00849. The van der Waals surface area contributed by atoms with Gasteiger partial charge in [-0.2, -0.15) is 13.2 Å². The van der Waals surface area contributed by atoms with Gasteiger partial charge in [0.1, 0.15) is 17.7 Å². The number of aromatic nitrogens is 1. The molecule has 0 saturated carbocycles. The minimum atomic E-state index is -4.80. The van der Waals surface area contributed by atoms with Gasteiger partial charge in [-0.3, -0.25) is 14.4 Å². The lowest BCUT2D eigenvalue weighted by atomic mass is 9.90. The summed E-state index contributed by atoms with van der Waals surface area (Å²) in [5.74, 6) is -1.69. The maximum atomic E-state index is 15.9. The first kappa shape index (κ1) is 36.3. The number of alkyl halides is 3. The van der Waals surface area contributed by atoms with Gasteiger partial charge in [-0.25, -0.2) is 8.78 Å². The van der Waals surface area contributed by atoms with Crippen molar-refractivity contribution in [2.45, 2.75) is 71.6 Å². The highest BCUT2D eigenvalue weighted by Crippen LogP contribution is 2.35. The van der Waals surface area contributed by atoms with Gasteiger partial charge in [0.15, 0.2) is 0 Å². The van der Waals surface area contributed by atoms with Crippen LogP contribution in [0.3, 0.4) is 0 Å². The number of hydrogen-bond donors (Lipinski definition) is 2. The van der Waals surface area contributed by atoms with E-state index in [4.69, 9.17) is 6.42 Å². The second kappa shape index (κ2) is 14.7. The Morgan fingerprint density at radius 2 is 1.71 bits per heavy atom. The molecule has 1 saturated heterocycles. The molecule has 256 valence electrons. The molecule has 4 rings (SSSR count). The number of carbonyl (C=O) groups is 2. The molecule has 2 heterocycles. The molecule has 1 fully saturated rings. The van der Waals surface area contributed by atoms with E-state index in [2.05, 4.69) is 11.2 Å². The van der Waals surface area contributed by atoms with Crippen molar-refractivity contribution in [3.05, 3.63) is 91.9 Å². The molecule has 2 unspecified atom stereocenters. The van der Waals surface area contributed by atoms with Crippen LogP contribution in [0.1, 0.15) is 78.6 Å². The monoisotopic (exact) mass is 671 g/mol. The number of pyridine rings is 1. The van der Waals surface area contributed by atoms with Gasteiger partial charge in [0, 0.05) is 24.4 Å². The molecule has 2 aromatic carbocycles. The lowest BCUT2D eigenvalue weighted by Crippen LogP contribution is -2.41. The average molecular weight is 672 g/mol. The minimum Gasteiger partial charge on any atom is -0.481 e. The van der Waals surface area contributed by atoms with E-state index in [-0.39, 0.29) is 35.4 Å². The Kier molecular flexibility index (Phi) is 11.1. The largest absolute Gasteiger partial charge is 0.481 e. The zero-order chi connectivity index (χ0) is 35.5. The lowest BCUT2D eigenvalue weighted by molar-refractivity contribution is -0.139. The van der Waals surface area contributed by atoms with Crippen molar-refractivity contribution in [1.29, 1.82) is 0 Å². The van der Waals surface area contributed by atoms with Crippen LogP contribution >= 0.6 is 0 Å². The number of nitrogens with zero attached hydrogens (tertiary/aromatic N) is 2. The van der Waals surface area contributed by atoms with E-state index in [0.29, 0.717) is 34.9 Å². The van der Waals surface area contributed by atoms with Crippen molar-refractivity contribution in [3.8, 4) is 23.5 Å². The number of carboxylic acid groups (broad SMARTS) is 1. The topological polar surface area (TPSA) is 91.6 Å². The number of hydrogen-bond acceptors (Lipinski definition) is 4. The first-order valence-electron chi connectivity index (χ1n) is 15.6. The van der Waals surface area contributed by atoms with Crippen LogP contribution in [0.25, 0.3) is 11.1 Å². The van der Waals surface area contributed by atoms with E-state index in [9.17, 15) is 37.1 Å². The fraction of sp³-hybridized carbons (Fsp3) is 0.417. The molecule has 7 nitrogen and oxygen atoms in total. The number of rotatable bonds is 12. The van der Waals surface area contributed by atoms with Crippen molar-refractivity contribution in [2.75, 3.05) is 19.6 Å². The number of halogens is 5. The smallest absolute Gasteiger partial charge is 0.416 e. The number of nitrogens with one attached hydrogen (secondary N) is 1. The van der Waals surface area contributed by atoms with Gasteiger partial charge < -0.3 is 19.9 Å². The quantitative estimate of drug-likeness (QED) is 0.168. The maximum Gasteiger partial charge on any atom is 0.416 e. The van der Waals surface area contributed by atoms with E-state index in [1.807, 2.05) is 4.90 Å². The van der Waals surface area contributed by atoms with Crippen molar-refractivity contribution in [2.24, 2.45) is 5.92 Å². The Balaban J connectivity index is 1.80. The Bertz CT molecular complexity index is 1780. The summed E-state index contributed by atoms with van der Waals surface area (Å²) in [6.45, 7) is 8.65. The molecule has 1 amide bonds. The highest BCUT2D eigenvalue weighted by molar-refractivity contribution is 5.82. The Hall–Kier alpha value is -4.50. The summed E-state index contributed by atoms with van der Waals surface area (Å²) in [5, 5.41) is 12.3. The summed E-state index contributed by atoms with van der Waals surface area (Å²) in [6, 6.07) is 2.92. The number of aliphatic carboxylic acids is 1. The number of carboxylic acids is 1. The number of benzene rings is 2. The number of terminal acetylenes is 1. The van der Waals surface area contributed by atoms with Crippen molar-refractivity contribution < 1.29 is 36.6 Å². The number of aryl methyl sites for hydroxylation is 2. The zero-order valence-electron chi connectivity index (χ0n) is 27.2. The molecule has 1 aliphatic heterocycles. The van der Waals surface area contributed by atoms with Crippen molar-refractivity contribution >= 4 is 11.9 Å². The molecule has 0 spiro atoms. The Labute approximate surface area is 275 Å². The van der Waals surface area contributed by atoms with E-state index in [1.165, 1.54) is 24.3 Å².